The molecular weight excluding hydrogens is 449 g/mol. The zero-order chi connectivity index (χ0) is 23.1. The molecule has 166 valence electrons. The number of esters is 1. The van der Waals surface area contributed by atoms with Crippen molar-refractivity contribution in [3.63, 3.8) is 0 Å². The van der Waals surface area contributed by atoms with Crippen molar-refractivity contribution in [2.45, 2.75) is 20.4 Å². The molecule has 0 atom stereocenters. The zero-order valence-corrected chi connectivity index (χ0v) is 19.3. The second-order valence-electron chi connectivity index (χ2n) is 7.04. The topological polar surface area (TPSA) is 55.8 Å². The first-order valence-electron chi connectivity index (χ1n) is 10.1. The second kappa shape index (κ2) is 11.0. The molecule has 7 heteroatoms. The van der Waals surface area contributed by atoms with Gasteiger partial charge in [0.2, 0.25) is 0 Å². The fraction of sp³-hybridized carbons (Fsp3) is 0.200. The number of ether oxygens (including phenoxy) is 2. The fourth-order valence-electron chi connectivity index (χ4n) is 3.07. The summed E-state index contributed by atoms with van der Waals surface area (Å²) in [5.74, 6) is -0.0355. The van der Waals surface area contributed by atoms with Crippen LogP contribution in [0.2, 0.25) is 10.0 Å². The number of hydrogen-bond donors (Lipinski definition) is 0. The minimum Gasteiger partial charge on any atom is -0.483 e. The molecule has 32 heavy (non-hydrogen) atoms. The maximum atomic E-state index is 13.2. The number of para-hydroxylation sites is 1. The van der Waals surface area contributed by atoms with E-state index in [1.807, 2.05) is 31.2 Å². The van der Waals surface area contributed by atoms with Crippen molar-refractivity contribution < 1.29 is 19.1 Å². The van der Waals surface area contributed by atoms with Crippen LogP contribution in [-0.2, 0) is 16.1 Å². The highest BCUT2D eigenvalue weighted by Gasteiger charge is 2.19. The summed E-state index contributed by atoms with van der Waals surface area (Å²) in [4.78, 5) is 26.7. The van der Waals surface area contributed by atoms with Crippen LogP contribution in [-0.4, -0.2) is 25.1 Å². The summed E-state index contributed by atoms with van der Waals surface area (Å²) in [7, 11) is 0. The van der Waals surface area contributed by atoms with Gasteiger partial charge in [0.05, 0.1) is 18.7 Å². The van der Waals surface area contributed by atoms with E-state index >= 15 is 0 Å². The largest absolute Gasteiger partial charge is 0.483 e. The molecule has 0 unspecified atom stereocenters. The quantitative estimate of drug-likeness (QED) is 0.373. The first-order chi connectivity index (χ1) is 15.4. The molecule has 0 aromatic heterocycles. The van der Waals surface area contributed by atoms with E-state index in [4.69, 9.17) is 32.7 Å². The van der Waals surface area contributed by atoms with Crippen LogP contribution < -0.4 is 9.64 Å². The predicted molar refractivity (Wildman–Crippen MR) is 127 cm³/mol. The van der Waals surface area contributed by atoms with E-state index in [1.54, 1.807) is 54.3 Å². The number of benzene rings is 3. The Morgan fingerprint density at radius 1 is 0.969 bits per heavy atom. The standard InChI is InChI=1S/C25H23Cl2NO4/c1-3-31-25(30)18-9-12-21(13-10-18)28(15-19-8-11-20(26)14-22(19)27)24(29)16-32-23-7-5-4-6-17(23)2/h4-14H,3,15-16H2,1-2H3. The molecule has 5 nitrogen and oxygen atoms in total. The van der Waals surface area contributed by atoms with Gasteiger partial charge in [-0.25, -0.2) is 4.79 Å². The Hall–Kier alpha value is -3.02. The monoisotopic (exact) mass is 471 g/mol. The smallest absolute Gasteiger partial charge is 0.338 e. The van der Waals surface area contributed by atoms with E-state index in [1.165, 1.54) is 0 Å². The number of nitrogens with zero attached hydrogens (tertiary/aromatic N) is 1. The van der Waals surface area contributed by atoms with Crippen LogP contribution in [0, 0.1) is 6.92 Å². The van der Waals surface area contributed by atoms with Gasteiger partial charge in [-0.15, -0.1) is 0 Å². The molecule has 0 radical (unpaired) electrons. The Balaban J connectivity index is 1.85. The zero-order valence-electron chi connectivity index (χ0n) is 17.8. The highest BCUT2D eigenvalue weighted by atomic mass is 35.5. The molecule has 3 aromatic carbocycles. The van der Waals surface area contributed by atoms with E-state index < -0.39 is 5.97 Å². The van der Waals surface area contributed by atoms with Crippen LogP contribution in [0.3, 0.4) is 0 Å². The van der Waals surface area contributed by atoms with Crippen molar-refractivity contribution in [2.24, 2.45) is 0 Å². The Kier molecular flexibility index (Phi) is 8.14. The lowest BCUT2D eigenvalue weighted by Crippen LogP contribution is -2.34. The van der Waals surface area contributed by atoms with E-state index in [0.717, 1.165) is 11.1 Å². The third kappa shape index (κ3) is 6.02. The molecule has 0 N–H and O–H groups in total. The van der Waals surface area contributed by atoms with Crippen molar-refractivity contribution in [3.8, 4) is 5.75 Å². The van der Waals surface area contributed by atoms with Gasteiger partial charge >= 0.3 is 5.97 Å². The first-order valence-corrected chi connectivity index (χ1v) is 10.8. The SMILES string of the molecule is CCOC(=O)c1ccc(N(Cc2ccc(Cl)cc2Cl)C(=O)COc2ccccc2C)cc1. The number of carbonyl (C=O) groups is 2. The summed E-state index contributed by atoms with van der Waals surface area (Å²) in [6.07, 6.45) is 0. The van der Waals surface area contributed by atoms with Crippen molar-refractivity contribution in [1.29, 1.82) is 0 Å². The molecule has 0 aliphatic heterocycles. The molecule has 0 heterocycles. The van der Waals surface area contributed by atoms with Gasteiger partial charge in [-0.1, -0.05) is 47.5 Å². The summed E-state index contributed by atoms with van der Waals surface area (Å²) in [6.45, 7) is 4.01. The highest BCUT2D eigenvalue weighted by Crippen LogP contribution is 2.26. The van der Waals surface area contributed by atoms with Crippen molar-refractivity contribution in [2.75, 3.05) is 18.1 Å². The summed E-state index contributed by atoms with van der Waals surface area (Å²) in [5, 5.41) is 0.969. The van der Waals surface area contributed by atoms with Crippen LogP contribution in [0.4, 0.5) is 5.69 Å². The number of amides is 1. The lowest BCUT2D eigenvalue weighted by molar-refractivity contribution is -0.120. The molecule has 0 bridgehead atoms. The average Bonchev–Trinajstić information content (AvgIpc) is 2.78. The molecule has 3 aromatic rings. The summed E-state index contributed by atoms with van der Waals surface area (Å²) in [5.41, 5.74) is 2.67. The van der Waals surface area contributed by atoms with Crippen LogP contribution in [0.15, 0.2) is 66.7 Å². The summed E-state index contributed by atoms with van der Waals surface area (Å²) in [6, 6.07) is 19.3. The summed E-state index contributed by atoms with van der Waals surface area (Å²) < 4.78 is 10.8. The minimum absolute atomic E-state index is 0.157. The van der Waals surface area contributed by atoms with Gasteiger partial charge in [-0.2, -0.15) is 0 Å². The number of rotatable bonds is 8. The predicted octanol–water partition coefficient (Wildman–Crippen LogP) is 6.09. The Bertz CT molecular complexity index is 1100. The maximum Gasteiger partial charge on any atom is 0.338 e. The van der Waals surface area contributed by atoms with Gasteiger partial charge < -0.3 is 14.4 Å². The third-order valence-corrected chi connectivity index (χ3v) is 5.37. The van der Waals surface area contributed by atoms with Crippen molar-refractivity contribution in [3.05, 3.63) is 93.5 Å². The minimum atomic E-state index is -0.416. The molecule has 0 aliphatic rings. The van der Waals surface area contributed by atoms with E-state index in [0.29, 0.717) is 27.0 Å². The average molecular weight is 472 g/mol. The molecule has 1 amide bonds. The van der Waals surface area contributed by atoms with Crippen LogP contribution in [0.1, 0.15) is 28.4 Å². The molecular formula is C25H23Cl2NO4. The van der Waals surface area contributed by atoms with E-state index in [2.05, 4.69) is 0 Å². The second-order valence-corrected chi connectivity index (χ2v) is 7.88. The number of hydrogen-bond acceptors (Lipinski definition) is 4. The van der Waals surface area contributed by atoms with Gasteiger partial charge in [0.15, 0.2) is 6.61 Å². The highest BCUT2D eigenvalue weighted by molar-refractivity contribution is 6.35. The third-order valence-electron chi connectivity index (χ3n) is 4.78. The van der Waals surface area contributed by atoms with E-state index in [-0.39, 0.29) is 25.7 Å². The van der Waals surface area contributed by atoms with Gasteiger partial charge in [-0.05, 0) is 67.4 Å². The Labute approximate surface area is 197 Å². The van der Waals surface area contributed by atoms with Gasteiger partial charge in [0.1, 0.15) is 5.75 Å². The Morgan fingerprint density at radius 2 is 1.69 bits per heavy atom. The van der Waals surface area contributed by atoms with Crippen molar-refractivity contribution >= 4 is 40.8 Å². The van der Waals surface area contributed by atoms with Crippen LogP contribution in [0.25, 0.3) is 0 Å². The molecule has 0 aliphatic carbocycles. The fourth-order valence-corrected chi connectivity index (χ4v) is 3.54. The molecule has 0 fully saturated rings. The molecule has 0 spiro atoms. The number of halogens is 2. The normalized spacial score (nSPS) is 10.5. The number of carbonyl (C=O) groups excluding carboxylic acids is 2. The maximum absolute atomic E-state index is 13.2. The number of anilines is 1. The van der Waals surface area contributed by atoms with Gasteiger partial charge in [-0.3, -0.25) is 4.79 Å². The lowest BCUT2D eigenvalue weighted by Gasteiger charge is -2.24. The van der Waals surface area contributed by atoms with Crippen molar-refractivity contribution in [1.82, 2.24) is 0 Å². The molecule has 0 saturated carbocycles. The van der Waals surface area contributed by atoms with Gasteiger partial charge in [0.25, 0.3) is 5.91 Å². The Morgan fingerprint density at radius 3 is 2.34 bits per heavy atom. The lowest BCUT2D eigenvalue weighted by atomic mass is 10.1. The van der Waals surface area contributed by atoms with Crippen LogP contribution >= 0.6 is 23.2 Å². The van der Waals surface area contributed by atoms with Crippen LogP contribution in [0.5, 0.6) is 5.75 Å². The first kappa shape index (κ1) is 23.6. The molecule has 3 rings (SSSR count). The van der Waals surface area contributed by atoms with E-state index in [9.17, 15) is 9.59 Å². The summed E-state index contributed by atoms with van der Waals surface area (Å²) >= 11 is 12.4. The number of aryl methyl sites for hydroxylation is 1. The van der Waals surface area contributed by atoms with Gasteiger partial charge in [0, 0.05) is 15.7 Å². The molecule has 0 saturated heterocycles.